The molecular weight excluding hydrogens is 268 g/mol. The third-order valence-corrected chi connectivity index (χ3v) is 2.74. The van der Waals surface area contributed by atoms with Crippen molar-refractivity contribution in [3.05, 3.63) is 35.3 Å². The van der Waals surface area contributed by atoms with E-state index in [-0.39, 0.29) is 5.91 Å². The molecule has 0 fully saturated rings. The van der Waals surface area contributed by atoms with Crippen molar-refractivity contribution in [1.82, 2.24) is 10.2 Å². The summed E-state index contributed by atoms with van der Waals surface area (Å²) in [6.45, 7) is 0. The summed E-state index contributed by atoms with van der Waals surface area (Å²) in [7, 11) is 1.27. The summed E-state index contributed by atoms with van der Waals surface area (Å²) in [5.74, 6) is -0.328. The van der Waals surface area contributed by atoms with Gasteiger partial charge in [0.2, 0.25) is 5.13 Å². The highest BCUT2D eigenvalue weighted by Crippen LogP contribution is 2.14. The maximum atomic E-state index is 11.9. The van der Waals surface area contributed by atoms with Gasteiger partial charge in [0, 0.05) is 11.3 Å². The van der Waals surface area contributed by atoms with Crippen LogP contribution in [-0.4, -0.2) is 29.3 Å². The van der Waals surface area contributed by atoms with Gasteiger partial charge in [0.1, 0.15) is 5.51 Å². The molecule has 0 radical (unpaired) electrons. The van der Waals surface area contributed by atoms with Crippen molar-refractivity contribution >= 4 is 34.2 Å². The van der Waals surface area contributed by atoms with Gasteiger partial charge in [0.15, 0.2) is 0 Å². The summed E-state index contributed by atoms with van der Waals surface area (Å²) in [5, 5.41) is 12.8. The molecule has 2 aromatic rings. The van der Waals surface area contributed by atoms with Gasteiger partial charge in [-0.15, -0.1) is 10.2 Å². The standard InChI is InChI=1S/C11H10N4O3S/c1-18-11(17)13-8-4-2-3-7(5-8)9(16)14-10-15-12-6-19-10/h2-6H,1H3,(H,13,17)(H,14,15,16). The minimum absolute atomic E-state index is 0.328. The zero-order chi connectivity index (χ0) is 13.7. The van der Waals surface area contributed by atoms with Gasteiger partial charge < -0.3 is 4.74 Å². The number of methoxy groups -OCH3 is 1. The van der Waals surface area contributed by atoms with Gasteiger partial charge in [-0.05, 0) is 18.2 Å². The highest BCUT2D eigenvalue weighted by molar-refractivity contribution is 7.13. The largest absolute Gasteiger partial charge is 0.453 e. The normalized spacial score (nSPS) is 9.74. The van der Waals surface area contributed by atoms with Gasteiger partial charge in [-0.3, -0.25) is 15.4 Å². The van der Waals surface area contributed by atoms with E-state index >= 15 is 0 Å². The van der Waals surface area contributed by atoms with E-state index in [2.05, 4.69) is 25.6 Å². The van der Waals surface area contributed by atoms with E-state index in [0.29, 0.717) is 16.4 Å². The van der Waals surface area contributed by atoms with Crippen LogP contribution in [0.25, 0.3) is 0 Å². The van der Waals surface area contributed by atoms with Crippen LogP contribution in [0.15, 0.2) is 29.8 Å². The van der Waals surface area contributed by atoms with Crippen LogP contribution in [0.5, 0.6) is 0 Å². The summed E-state index contributed by atoms with van der Waals surface area (Å²) < 4.78 is 4.47. The molecule has 19 heavy (non-hydrogen) atoms. The van der Waals surface area contributed by atoms with Gasteiger partial charge in [-0.2, -0.15) is 0 Å². The van der Waals surface area contributed by atoms with Crippen LogP contribution in [0.3, 0.4) is 0 Å². The SMILES string of the molecule is COC(=O)Nc1cccc(C(=O)Nc2nncs2)c1. The number of carbonyl (C=O) groups excluding carboxylic acids is 2. The Morgan fingerprint density at radius 2 is 2.16 bits per heavy atom. The fourth-order valence-corrected chi connectivity index (χ4v) is 1.74. The Hall–Kier alpha value is -2.48. The van der Waals surface area contributed by atoms with Crippen molar-refractivity contribution in [2.24, 2.45) is 0 Å². The minimum atomic E-state index is -0.596. The van der Waals surface area contributed by atoms with E-state index in [9.17, 15) is 9.59 Å². The first kappa shape index (κ1) is 13.0. The van der Waals surface area contributed by atoms with Crippen molar-refractivity contribution < 1.29 is 14.3 Å². The third kappa shape index (κ3) is 3.49. The lowest BCUT2D eigenvalue weighted by Crippen LogP contribution is -2.14. The van der Waals surface area contributed by atoms with Crippen LogP contribution in [0, 0.1) is 0 Å². The maximum Gasteiger partial charge on any atom is 0.411 e. The highest BCUT2D eigenvalue weighted by Gasteiger charge is 2.09. The molecule has 2 amide bonds. The van der Waals surface area contributed by atoms with Crippen molar-refractivity contribution in [3.63, 3.8) is 0 Å². The smallest absolute Gasteiger partial charge is 0.411 e. The second-order valence-corrected chi connectivity index (χ2v) is 4.23. The fourth-order valence-electron chi connectivity index (χ4n) is 1.30. The first-order valence-corrected chi connectivity index (χ1v) is 6.09. The van der Waals surface area contributed by atoms with E-state index < -0.39 is 6.09 Å². The molecule has 0 aliphatic rings. The topological polar surface area (TPSA) is 93.2 Å². The molecule has 1 aromatic heterocycles. The Kier molecular flexibility index (Phi) is 4.04. The lowest BCUT2D eigenvalue weighted by Gasteiger charge is -2.06. The van der Waals surface area contributed by atoms with Crippen molar-refractivity contribution in [2.45, 2.75) is 0 Å². The Balaban J connectivity index is 2.09. The lowest BCUT2D eigenvalue weighted by molar-refractivity contribution is 0.102. The zero-order valence-corrected chi connectivity index (χ0v) is 10.7. The van der Waals surface area contributed by atoms with Gasteiger partial charge in [-0.1, -0.05) is 17.4 Å². The average molecular weight is 278 g/mol. The van der Waals surface area contributed by atoms with Crippen LogP contribution >= 0.6 is 11.3 Å². The van der Waals surface area contributed by atoms with Gasteiger partial charge >= 0.3 is 6.09 Å². The molecular formula is C11H10N4O3S. The number of aromatic nitrogens is 2. The van der Waals surface area contributed by atoms with Crippen LogP contribution < -0.4 is 10.6 Å². The molecule has 0 aliphatic carbocycles. The molecule has 7 nitrogen and oxygen atoms in total. The molecule has 0 aliphatic heterocycles. The summed E-state index contributed by atoms with van der Waals surface area (Å²) in [5.41, 5.74) is 2.38. The predicted molar refractivity (Wildman–Crippen MR) is 70.3 cm³/mol. The third-order valence-electron chi connectivity index (χ3n) is 2.14. The molecule has 0 bridgehead atoms. The molecule has 98 valence electrons. The summed E-state index contributed by atoms with van der Waals surface area (Å²) in [6.07, 6.45) is -0.596. The number of carbonyl (C=O) groups is 2. The van der Waals surface area contributed by atoms with E-state index in [1.165, 1.54) is 30.0 Å². The average Bonchev–Trinajstić information content (AvgIpc) is 2.91. The second kappa shape index (κ2) is 5.91. The quantitative estimate of drug-likeness (QED) is 0.895. The van der Waals surface area contributed by atoms with Crippen molar-refractivity contribution in [2.75, 3.05) is 17.7 Å². The summed E-state index contributed by atoms with van der Waals surface area (Å²) in [4.78, 5) is 23.0. The number of benzene rings is 1. The molecule has 2 rings (SSSR count). The van der Waals surface area contributed by atoms with Crippen LogP contribution in [0.1, 0.15) is 10.4 Å². The predicted octanol–water partition coefficient (Wildman–Crippen LogP) is 1.97. The number of nitrogens with zero attached hydrogens (tertiary/aromatic N) is 2. The number of nitrogens with one attached hydrogen (secondary N) is 2. The van der Waals surface area contributed by atoms with Crippen LogP contribution in [0.2, 0.25) is 0 Å². The monoisotopic (exact) mass is 278 g/mol. The van der Waals surface area contributed by atoms with Gasteiger partial charge in [0.25, 0.3) is 5.91 Å². The molecule has 0 saturated carbocycles. The number of ether oxygens (including phenoxy) is 1. The second-order valence-electron chi connectivity index (χ2n) is 3.40. The van der Waals surface area contributed by atoms with Crippen molar-refractivity contribution in [1.29, 1.82) is 0 Å². The first-order chi connectivity index (χ1) is 9.19. The Morgan fingerprint density at radius 1 is 1.32 bits per heavy atom. The number of amides is 2. The van der Waals surface area contributed by atoms with E-state index in [0.717, 1.165) is 0 Å². The van der Waals surface area contributed by atoms with Gasteiger partial charge in [0.05, 0.1) is 7.11 Å². The number of hydrogen-bond donors (Lipinski definition) is 2. The Bertz CT molecular complexity index is 585. The molecule has 0 saturated heterocycles. The summed E-state index contributed by atoms with van der Waals surface area (Å²) in [6, 6.07) is 6.46. The van der Waals surface area contributed by atoms with Crippen molar-refractivity contribution in [3.8, 4) is 0 Å². The minimum Gasteiger partial charge on any atom is -0.453 e. The summed E-state index contributed by atoms with van der Waals surface area (Å²) >= 11 is 1.22. The molecule has 8 heteroatoms. The number of hydrogen-bond acceptors (Lipinski definition) is 6. The van der Waals surface area contributed by atoms with E-state index in [4.69, 9.17) is 0 Å². The highest BCUT2D eigenvalue weighted by atomic mass is 32.1. The number of rotatable bonds is 3. The van der Waals surface area contributed by atoms with Crippen LogP contribution in [0.4, 0.5) is 15.6 Å². The lowest BCUT2D eigenvalue weighted by atomic mass is 10.2. The molecule has 2 N–H and O–H groups in total. The van der Waals surface area contributed by atoms with Crippen LogP contribution in [-0.2, 0) is 4.74 Å². The first-order valence-electron chi connectivity index (χ1n) is 5.21. The molecule has 0 atom stereocenters. The Morgan fingerprint density at radius 3 is 2.84 bits per heavy atom. The van der Waals surface area contributed by atoms with Gasteiger partial charge in [-0.25, -0.2) is 4.79 Å². The van der Waals surface area contributed by atoms with E-state index in [1.807, 2.05) is 0 Å². The Labute approximate surface area is 112 Å². The fraction of sp³-hybridized carbons (Fsp3) is 0.0909. The molecule has 1 heterocycles. The molecule has 0 spiro atoms. The number of anilines is 2. The molecule has 1 aromatic carbocycles. The maximum absolute atomic E-state index is 11.9. The van der Waals surface area contributed by atoms with E-state index in [1.54, 1.807) is 18.2 Å². The molecule has 0 unspecified atom stereocenters. The zero-order valence-electron chi connectivity index (χ0n) is 9.91.